The molecule has 0 aromatic carbocycles. The molecule has 2 N–H and O–H groups in total. The SMILES string of the molecule is Cc1nc(NC2CCNC2)cc(N(C)CC(C)C)n1. The van der Waals surface area contributed by atoms with Crippen molar-refractivity contribution in [2.24, 2.45) is 5.92 Å². The summed E-state index contributed by atoms with van der Waals surface area (Å²) in [6.07, 6.45) is 1.15. The average Bonchev–Trinajstić information content (AvgIpc) is 2.80. The lowest BCUT2D eigenvalue weighted by atomic mass is 10.2. The maximum atomic E-state index is 4.52. The zero-order valence-corrected chi connectivity index (χ0v) is 12.4. The molecule has 0 amide bonds. The van der Waals surface area contributed by atoms with Gasteiger partial charge in [-0.05, 0) is 25.8 Å². The van der Waals surface area contributed by atoms with Gasteiger partial charge in [-0.3, -0.25) is 0 Å². The maximum absolute atomic E-state index is 4.52. The quantitative estimate of drug-likeness (QED) is 0.846. The van der Waals surface area contributed by atoms with E-state index in [1.165, 1.54) is 0 Å². The third-order valence-electron chi connectivity index (χ3n) is 3.27. The lowest BCUT2D eigenvalue weighted by Gasteiger charge is -2.22. The highest BCUT2D eigenvalue weighted by Crippen LogP contribution is 2.17. The van der Waals surface area contributed by atoms with Crippen molar-refractivity contribution < 1.29 is 0 Å². The van der Waals surface area contributed by atoms with E-state index in [9.17, 15) is 0 Å². The third kappa shape index (κ3) is 4.06. The molecule has 0 spiro atoms. The van der Waals surface area contributed by atoms with Gasteiger partial charge in [-0.1, -0.05) is 13.8 Å². The maximum Gasteiger partial charge on any atom is 0.134 e. The molecule has 0 bridgehead atoms. The van der Waals surface area contributed by atoms with Gasteiger partial charge in [0.15, 0.2) is 0 Å². The smallest absolute Gasteiger partial charge is 0.134 e. The summed E-state index contributed by atoms with van der Waals surface area (Å²) in [6.45, 7) is 9.48. The second kappa shape index (κ2) is 6.19. The van der Waals surface area contributed by atoms with E-state index in [0.29, 0.717) is 12.0 Å². The van der Waals surface area contributed by atoms with E-state index >= 15 is 0 Å². The molecule has 1 aliphatic heterocycles. The highest BCUT2D eigenvalue weighted by atomic mass is 15.2. The van der Waals surface area contributed by atoms with Crippen LogP contribution in [0.4, 0.5) is 11.6 Å². The van der Waals surface area contributed by atoms with E-state index in [2.05, 4.69) is 46.4 Å². The predicted molar refractivity (Wildman–Crippen MR) is 79.8 cm³/mol. The Bertz CT molecular complexity index is 412. The Hall–Kier alpha value is -1.36. The first kappa shape index (κ1) is 14.1. The minimum atomic E-state index is 0.484. The lowest BCUT2D eigenvalue weighted by Crippen LogP contribution is -2.26. The standard InChI is InChI=1S/C14H25N5/c1-10(2)9-19(4)14-7-13(16-11(3)17-14)18-12-5-6-15-8-12/h7,10,12,15H,5-6,8-9H2,1-4H3,(H,16,17,18). The summed E-state index contributed by atoms with van der Waals surface area (Å²) in [5, 5.41) is 6.84. The fraction of sp³-hybridized carbons (Fsp3) is 0.714. The van der Waals surface area contributed by atoms with Gasteiger partial charge >= 0.3 is 0 Å². The van der Waals surface area contributed by atoms with Crippen LogP contribution in [0.15, 0.2) is 6.07 Å². The van der Waals surface area contributed by atoms with E-state index in [1.807, 2.05) is 13.0 Å². The molecule has 1 aliphatic rings. The first-order valence-corrected chi connectivity index (χ1v) is 7.08. The molecule has 0 saturated carbocycles. The molecular formula is C14H25N5. The molecule has 1 unspecified atom stereocenters. The summed E-state index contributed by atoms with van der Waals surface area (Å²) < 4.78 is 0. The Morgan fingerprint density at radius 2 is 2.26 bits per heavy atom. The van der Waals surface area contributed by atoms with Crippen LogP contribution in [-0.2, 0) is 0 Å². The highest BCUT2D eigenvalue weighted by molar-refractivity contribution is 5.49. The third-order valence-corrected chi connectivity index (χ3v) is 3.27. The van der Waals surface area contributed by atoms with Crippen molar-refractivity contribution in [3.63, 3.8) is 0 Å². The molecule has 1 saturated heterocycles. The van der Waals surface area contributed by atoms with Crippen molar-refractivity contribution in [2.45, 2.75) is 33.2 Å². The molecule has 19 heavy (non-hydrogen) atoms. The Balaban J connectivity index is 2.09. The van der Waals surface area contributed by atoms with Gasteiger partial charge in [0.05, 0.1) is 0 Å². The van der Waals surface area contributed by atoms with E-state index in [4.69, 9.17) is 0 Å². The zero-order valence-electron chi connectivity index (χ0n) is 12.4. The fourth-order valence-corrected chi connectivity index (χ4v) is 2.45. The van der Waals surface area contributed by atoms with Crippen LogP contribution >= 0.6 is 0 Å². The molecular weight excluding hydrogens is 238 g/mol. The molecule has 1 aromatic rings. The molecule has 0 radical (unpaired) electrons. The van der Waals surface area contributed by atoms with Gasteiger partial charge < -0.3 is 15.5 Å². The summed E-state index contributed by atoms with van der Waals surface area (Å²) in [4.78, 5) is 11.2. The number of rotatable bonds is 5. The van der Waals surface area contributed by atoms with Crippen molar-refractivity contribution in [1.82, 2.24) is 15.3 Å². The van der Waals surface area contributed by atoms with Crippen molar-refractivity contribution in [3.05, 3.63) is 11.9 Å². The minimum absolute atomic E-state index is 0.484. The molecule has 2 heterocycles. The van der Waals surface area contributed by atoms with Gasteiger partial charge in [0.25, 0.3) is 0 Å². The monoisotopic (exact) mass is 263 g/mol. The number of hydrogen-bond donors (Lipinski definition) is 2. The van der Waals surface area contributed by atoms with Crippen molar-refractivity contribution in [2.75, 3.05) is 36.9 Å². The first-order valence-electron chi connectivity index (χ1n) is 7.08. The summed E-state index contributed by atoms with van der Waals surface area (Å²) in [5.74, 6) is 3.37. The van der Waals surface area contributed by atoms with Crippen LogP contribution < -0.4 is 15.5 Å². The number of nitrogens with one attached hydrogen (secondary N) is 2. The summed E-state index contributed by atoms with van der Waals surface area (Å²) >= 11 is 0. The van der Waals surface area contributed by atoms with E-state index in [-0.39, 0.29) is 0 Å². The Morgan fingerprint density at radius 3 is 2.89 bits per heavy atom. The number of nitrogens with zero attached hydrogens (tertiary/aromatic N) is 3. The van der Waals surface area contributed by atoms with Crippen LogP contribution in [-0.4, -0.2) is 42.7 Å². The van der Waals surface area contributed by atoms with Crippen LogP contribution in [0.25, 0.3) is 0 Å². The molecule has 106 valence electrons. The second-order valence-corrected chi connectivity index (χ2v) is 5.77. The number of anilines is 2. The van der Waals surface area contributed by atoms with Crippen LogP contribution in [0.5, 0.6) is 0 Å². The van der Waals surface area contributed by atoms with E-state index in [0.717, 1.165) is 43.5 Å². The van der Waals surface area contributed by atoms with E-state index in [1.54, 1.807) is 0 Å². The van der Waals surface area contributed by atoms with Gasteiger partial charge in [-0.15, -0.1) is 0 Å². The number of aromatic nitrogens is 2. The van der Waals surface area contributed by atoms with E-state index < -0.39 is 0 Å². The molecule has 5 heteroatoms. The largest absolute Gasteiger partial charge is 0.366 e. The molecule has 0 aliphatic carbocycles. The summed E-state index contributed by atoms with van der Waals surface area (Å²) in [7, 11) is 2.09. The Kier molecular flexibility index (Phi) is 4.58. The predicted octanol–water partition coefficient (Wildman–Crippen LogP) is 1.65. The minimum Gasteiger partial charge on any atom is -0.366 e. The second-order valence-electron chi connectivity index (χ2n) is 5.77. The van der Waals surface area contributed by atoms with Crippen LogP contribution in [0, 0.1) is 12.8 Å². The normalized spacial score (nSPS) is 18.9. The topological polar surface area (TPSA) is 53.1 Å². The van der Waals surface area contributed by atoms with Crippen molar-refractivity contribution in [1.29, 1.82) is 0 Å². The van der Waals surface area contributed by atoms with Crippen LogP contribution in [0.3, 0.4) is 0 Å². The first-order chi connectivity index (χ1) is 9.04. The highest BCUT2D eigenvalue weighted by Gasteiger charge is 2.15. The molecule has 1 atom stereocenters. The molecule has 1 aromatic heterocycles. The summed E-state index contributed by atoms with van der Waals surface area (Å²) in [6, 6.07) is 2.53. The van der Waals surface area contributed by atoms with Gasteiger partial charge in [-0.25, -0.2) is 9.97 Å². The lowest BCUT2D eigenvalue weighted by molar-refractivity contribution is 0.633. The number of aryl methyl sites for hydroxylation is 1. The summed E-state index contributed by atoms with van der Waals surface area (Å²) in [5.41, 5.74) is 0. The van der Waals surface area contributed by atoms with Crippen molar-refractivity contribution in [3.8, 4) is 0 Å². The fourth-order valence-electron chi connectivity index (χ4n) is 2.45. The van der Waals surface area contributed by atoms with Gasteiger partial charge in [0.1, 0.15) is 17.5 Å². The zero-order chi connectivity index (χ0) is 13.8. The molecule has 1 fully saturated rings. The van der Waals surface area contributed by atoms with Crippen LogP contribution in [0.2, 0.25) is 0 Å². The Morgan fingerprint density at radius 1 is 1.47 bits per heavy atom. The van der Waals surface area contributed by atoms with Crippen LogP contribution in [0.1, 0.15) is 26.1 Å². The van der Waals surface area contributed by atoms with Crippen molar-refractivity contribution >= 4 is 11.6 Å². The van der Waals surface area contributed by atoms with Gasteiger partial charge in [0.2, 0.25) is 0 Å². The van der Waals surface area contributed by atoms with Gasteiger partial charge in [0, 0.05) is 32.2 Å². The Labute approximate surface area is 115 Å². The molecule has 5 nitrogen and oxygen atoms in total. The number of hydrogen-bond acceptors (Lipinski definition) is 5. The van der Waals surface area contributed by atoms with Gasteiger partial charge in [-0.2, -0.15) is 0 Å². The average molecular weight is 263 g/mol. The molecule has 2 rings (SSSR count).